The summed E-state index contributed by atoms with van der Waals surface area (Å²) in [6, 6.07) is 14.7. The highest BCUT2D eigenvalue weighted by molar-refractivity contribution is 7.90. The summed E-state index contributed by atoms with van der Waals surface area (Å²) in [6.45, 7) is 5.03. The second-order valence-electron chi connectivity index (χ2n) is 14.8. The van der Waals surface area contributed by atoms with Gasteiger partial charge < -0.3 is 24.4 Å². The van der Waals surface area contributed by atoms with Gasteiger partial charge in [0.2, 0.25) is 0 Å². The number of amides is 2. The highest BCUT2D eigenvalue weighted by Gasteiger charge is 2.45. The molecule has 2 aliphatic carbocycles. The Balaban J connectivity index is 1.22. The molecule has 276 valence electrons. The van der Waals surface area contributed by atoms with Crippen LogP contribution in [0.5, 0.6) is 5.75 Å². The first-order valence-corrected chi connectivity index (χ1v) is 19.8. The summed E-state index contributed by atoms with van der Waals surface area (Å²) in [5, 5.41) is 3.58. The number of fused-ring (bicyclic) bond motifs is 4. The van der Waals surface area contributed by atoms with Crippen molar-refractivity contribution >= 4 is 39.3 Å². The van der Waals surface area contributed by atoms with Crippen molar-refractivity contribution in [1.82, 2.24) is 15.0 Å². The zero-order chi connectivity index (χ0) is 36.5. The van der Waals surface area contributed by atoms with Crippen molar-refractivity contribution in [2.45, 2.75) is 74.4 Å². The fourth-order valence-corrected chi connectivity index (χ4v) is 9.22. The van der Waals surface area contributed by atoms with Gasteiger partial charge in [0.25, 0.3) is 15.9 Å². The number of sulfonamides is 1. The lowest BCUT2D eigenvalue weighted by atomic mass is 9.68. The van der Waals surface area contributed by atoms with E-state index >= 15 is 0 Å². The molecular weight excluding hydrogens is 704 g/mol. The summed E-state index contributed by atoms with van der Waals surface area (Å²) in [4.78, 5) is 32.8. The van der Waals surface area contributed by atoms with Gasteiger partial charge in [-0.25, -0.2) is 17.9 Å². The first kappa shape index (κ1) is 36.2. The van der Waals surface area contributed by atoms with Gasteiger partial charge in [-0.1, -0.05) is 29.8 Å². The van der Waals surface area contributed by atoms with Crippen molar-refractivity contribution in [3.05, 3.63) is 94.8 Å². The zero-order valence-corrected chi connectivity index (χ0v) is 31.0. The third kappa shape index (κ3) is 7.65. The lowest BCUT2D eigenvalue weighted by Gasteiger charge is -2.46. The molecule has 13 heteroatoms. The fourth-order valence-electron chi connectivity index (χ4n) is 7.90. The van der Waals surface area contributed by atoms with Crippen LogP contribution < -0.4 is 19.7 Å². The average Bonchev–Trinajstić information content (AvgIpc) is 3.25. The molecular formula is C39H45ClN4O7S. The normalized spacial score (nSPS) is 27.0. The molecule has 52 heavy (non-hydrogen) atoms. The van der Waals surface area contributed by atoms with Gasteiger partial charge in [-0.15, -0.1) is 0 Å². The summed E-state index contributed by atoms with van der Waals surface area (Å²) in [7, 11) is -4.25. The van der Waals surface area contributed by atoms with Gasteiger partial charge in [0.1, 0.15) is 17.5 Å². The maximum Gasteiger partial charge on any atom is 0.407 e. The first-order valence-electron chi connectivity index (χ1n) is 17.9. The molecule has 0 unspecified atom stereocenters. The van der Waals surface area contributed by atoms with Gasteiger partial charge in [0, 0.05) is 48.4 Å². The van der Waals surface area contributed by atoms with E-state index in [1.165, 1.54) is 31.0 Å². The second-order valence-corrected chi connectivity index (χ2v) is 16.9. The van der Waals surface area contributed by atoms with E-state index in [0.29, 0.717) is 49.1 Å². The topological polar surface area (TPSA) is 136 Å². The number of pyridine rings is 1. The molecule has 4 atom stereocenters. The first-order chi connectivity index (χ1) is 24.9. The van der Waals surface area contributed by atoms with E-state index in [2.05, 4.69) is 26.0 Å². The van der Waals surface area contributed by atoms with Crippen LogP contribution in [-0.4, -0.2) is 70.0 Å². The van der Waals surface area contributed by atoms with Gasteiger partial charge in [0.15, 0.2) is 0 Å². The number of nitrogens with zero attached hydrogens (tertiary/aromatic N) is 2. The standard InChI is InChI=1S/C39H45ClN4O7S/c1-38(2)36(45)43-52(47,48)30-11-14-35-33(21-30)44(24-39(25-49-35)16-3-7-27-20-29(40)10-13-32(27)39)23-28-9-12-31(28)34(8-5-19-50-38)51-37(46)42-18-15-26-6-4-17-41-22-26/h4-6,8,10-11,13-14,17,20-22,28,31,34H,3,7,9,12,15-16,18-19,23-25H2,1-2H3,(H,42,46)(H,43,45)/b8-5+/t28-,31+,34-,39-/m0/s1. The summed E-state index contributed by atoms with van der Waals surface area (Å²) in [5.41, 5.74) is 2.21. The van der Waals surface area contributed by atoms with E-state index in [0.717, 1.165) is 37.7 Å². The molecule has 7 rings (SSSR count). The van der Waals surface area contributed by atoms with Gasteiger partial charge >= 0.3 is 6.09 Å². The molecule has 0 radical (unpaired) electrons. The molecule has 11 nitrogen and oxygen atoms in total. The van der Waals surface area contributed by atoms with Crippen LogP contribution in [0.2, 0.25) is 5.02 Å². The molecule has 3 aromatic rings. The van der Waals surface area contributed by atoms with Crippen molar-refractivity contribution in [2.75, 3.05) is 37.7 Å². The van der Waals surface area contributed by atoms with E-state index in [4.69, 9.17) is 25.8 Å². The number of alkyl carbamates (subject to hydrolysis) is 1. The minimum Gasteiger partial charge on any atom is -0.490 e. The maximum absolute atomic E-state index is 13.7. The molecule has 0 saturated heterocycles. The van der Waals surface area contributed by atoms with E-state index in [-0.39, 0.29) is 28.8 Å². The number of aryl methyl sites for hydroxylation is 1. The van der Waals surface area contributed by atoms with E-state index in [1.54, 1.807) is 30.6 Å². The molecule has 1 fully saturated rings. The van der Waals surface area contributed by atoms with Crippen LogP contribution in [0.15, 0.2) is 78.0 Å². The summed E-state index contributed by atoms with van der Waals surface area (Å²) < 4.78 is 48.0. The highest BCUT2D eigenvalue weighted by atomic mass is 35.5. The zero-order valence-electron chi connectivity index (χ0n) is 29.5. The van der Waals surface area contributed by atoms with Gasteiger partial charge in [-0.3, -0.25) is 9.78 Å². The summed E-state index contributed by atoms with van der Waals surface area (Å²) >= 11 is 6.44. The minimum atomic E-state index is -4.25. The van der Waals surface area contributed by atoms with Crippen LogP contribution in [0.3, 0.4) is 0 Å². The van der Waals surface area contributed by atoms with Crippen molar-refractivity contribution in [3.8, 4) is 5.75 Å². The van der Waals surface area contributed by atoms with Crippen LogP contribution >= 0.6 is 11.6 Å². The second kappa shape index (κ2) is 14.7. The number of aromatic nitrogens is 1. The van der Waals surface area contributed by atoms with Crippen molar-refractivity contribution in [2.24, 2.45) is 11.8 Å². The van der Waals surface area contributed by atoms with Crippen molar-refractivity contribution in [1.29, 1.82) is 0 Å². The molecule has 1 aromatic heterocycles. The Morgan fingerprint density at radius 3 is 2.83 bits per heavy atom. The molecule has 3 heterocycles. The Morgan fingerprint density at radius 2 is 2.04 bits per heavy atom. The molecule has 2 N–H and O–H groups in total. The number of nitrogens with one attached hydrogen (secondary N) is 2. The van der Waals surface area contributed by atoms with E-state index in [1.807, 2.05) is 30.3 Å². The van der Waals surface area contributed by atoms with Gasteiger partial charge in [0.05, 0.1) is 23.8 Å². The Bertz CT molecular complexity index is 1960. The van der Waals surface area contributed by atoms with E-state index < -0.39 is 33.7 Å². The predicted octanol–water partition coefficient (Wildman–Crippen LogP) is 5.74. The molecule has 2 amide bonds. The molecule has 1 spiro atoms. The smallest absolute Gasteiger partial charge is 0.407 e. The molecule has 4 aliphatic rings. The Labute approximate surface area is 310 Å². The van der Waals surface area contributed by atoms with Crippen molar-refractivity contribution < 1.29 is 32.2 Å². The fraction of sp³-hybridized carbons (Fsp3) is 0.462. The Hall–Kier alpha value is -4.13. The number of benzene rings is 2. The van der Waals surface area contributed by atoms with E-state index in [9.17, 15) is 18.0 Å². The SMILES string of the molecule is CC1(C)OC/C=C/[C@H](OC(=O)NCCc2cccnc2)[C@@H]2CC[C@H]2CN2C[C@@]3(CCCc4cc(Cl)ccc43)COc3ccc(cc32)S(=O)(=O)NC1=O. The molecule has 2 aliphatic heterocycles. The molecule has 1 saturated carbocycles. The van der Waals surface area contributed by atoms with Crippen LogP contribution in [0.1, 0.15) is 56.2 Å². The number of carbonyl (C=O) groups is 2. The Morgan fingerprint density at radius 1 is 1.17 bits per heavy atom. The van der Waals surface area contributed by atoms with Crippen LogP contribution in [0.25, 0.3) is 0 Å². The largest absolute Gasteiger partial charge is 0.490 e. The van der Waals surface area contributed by atoms with Crippen LogP contribution in [0, 0.1) is 11.8 Å². The number of halogens is 1. The predicted molar refractivity (Wildman–Crippen MR) is 197 cm³/mol. The summed E-state index contributed by atoms with van der Waals surface area (Å²) in [6.07, 6.45) is 11.1. The van der Waals surface area contributed by atoms with Gasteiger partial charge in [-0.2, -0.15) is 0 Å². The highest BCUT2D eigenvalue weighted by Crippen LogP contribution is 2.47. The third-order valence-corrected chi connectivity index (χ3v) is 12.5. The maximum atomic E-state index is 13.7. The summed E-state index contributed by atoms with van der Waals surface area (Å²) in [5.74, 6) is -0.103. The Kier molecular flexibility index (Phi) is 10.3. The van der Waals surface area contributed by atoms with Crippen LogP contribution in [-0.2, 0) is 42.5 Å². The number of carbonyl (C=O) groups excluding carboxylic acids is 2. The van der Waals surface area contributed by atoms with Gasteiger partial charge in [-0.05, 0) is 117 Å². The molecule has 2 aromatic carbocycles. The van der Waals surface area contributed by atoms with Crippen LogP contribution in [0.4, 0.5) is 10.5 Å². The number of hydrogen-bond acceptors (Lipinski definition) is 9. The number of anilines is 1. The third-order valence-electron chi connectivity index (χ3n) is 11.0. The lowest BCUT2D eigenvalue weighted by molar-refractivity contribution is -0.139. The molecule has 2 bridgehead atoms. The van der Waals surface area contributed by atoms with Crippen molar-refractivity contribution in [3.63, 3.8) is 0 Å². The number of hydrogen-bond donors (Lipinski definition) is 2. The average molecular weight is 749 g/mol. The number of ether oxygens (including phenoxy) is 3. The number of rotatable bonds is 4. The lowest BCUT2D eigenvalue weighted by Crippen LogP contribution is -2.50. The quantitative estimate of drug-likeness (QED) is 0.320. The monoisotopic (exact) mass is 748 g/mol. The minimum absolute atomic E-state index is 0.00234.